The van der Waals surface area contributed by atoms with Gasteiger partial charge < -0.3 is 10.0 Å². The van der Waals surface area contributed by atoms with Crippen molar-refractivity contribution >= 4 is 35.0 Å². The molecule has 2 aliphatic carbocycles. The third-order valence-corrected chi connectivity index (χ3v) is 6.31. The summed E-state index contributed by atoms with van der Waals surface area (Å²) in [6.07, 6.45) is 0. The molecule has 0 aliphatic heterocycles. The fraction of sp³-hybridized carbons (Fsp3) is 0.400. The lowest BCUT2D eigenvalue weighted by Crippen LogP contribution is -2.44. The predicted molar refractivity (Wildman–Crippen MR) is 111 cm³/mol. The molecule has 2 unspecified atom stereocenters. The van der Waals surface area contributed by atoms with Crippen molar-refractivity contribution in [3.8, 4) is 0 Å². The Morgan fingerprint density at radius 3 is 2.04 bits per heavy atom. The van der Waals surface area contributed by atoms with Crippen molar-refractivity contribution in [1.29, 1.82) is 0 Å². The van der Waals surface area contributed by atoms with E-state index in [1.807, 2.05) is 45.0 Å². The lowest BCUT2D eigenvalue weighted by molar-refractivity contribution is 0.0354. The van der Waals surface area contributed by atoms with Crippen LogP contribution in [0.4, 0.5) is 0 Å². The molecule has 0 bridgehead atoms. The van der Waals surface area contributed by atoms with Crippen molar-refractivity contribution in [2.45, 2.75) is 30.5 Å². The Bertz CT molecular complexity index is 757. The fourth-order valence-corrected chi connectivity index (χ4v) is 4.13. The smallest absolute Gasteiger partial charge is 0.0861 e. The van der Waals surface area contributed by atoms with Crippen LogP contribution in [0.15, 0.2) is 42.5 Å². The summed E-state index contributed by atoms with van der Waals surface area (Å²) in [4.78, 5) is 1.99. The van der Waals surface area contributed by atoms with E-state index in [2.05, 4.69) is 24.3 Å². The second-order valence-corrected chi connectivity index (χ2v) is 9.03. The minimum absolute atomic E-state index is 0.113. The zero-order valence-electron chi connectivity index (χ0n) is 15.1. The average molecular weight is 398 g/mol. The van der Waals surface area contributed by atoms with Crippen LogP contribution in [0.5, 0.6) is 0 Å². The fourth-order valence-electron chi connectivity index (χ4n) is 2.46. The van der Waals surface area contributed by atoms with Crippen LogP contribution in [0.1, 0.15) is 19.4 Å². The van der Waals surface area contributed by atoms with Gasteiger partial charge in [-0.05, 0) is 49.2 Å². The lowest BCUT2D eigenvalue weighted by Gasteiger charge is -2.32. The Balaban J connectivity index is 0.000000306. The summed E-state index contributed by atoms with van der Waals surface area (Å²) >= 11 is 13.7. The Morgan fingerprint density at radius 2 is 1.64 bits per heavy atom. The number of hydrogen-bond acceptors (Lipinski definition) is 3. The van der Waals surface area contributed by atoms with E-state index in [4.69, 9.17) is 23.2 Å². The maximum Gasteiger partial charge on any atom is 0.0861 e. The molecule has 5 heteroatoms. The molecular weight excluding hydrogens is 373 g/mol. The van der Waals surface area contributed by atoms with Gasteiger partial charge in [-0.1, -0.05) is 60.5 Å². The van der Waals surface area contributed by atoms with Crippen LogP contribution in [0, 0.1) is 10.4 Å². The molecule has 2 atom stereocenters. The first-order chi connectivity index (χ1) is 11.7. The predicted octanol–water partition coefficient (Wildman–Crippen LogP) is 5.21. The number of hydrogen-bond donors (Lipinski definition) is 1. The van der Waals surface area contributed by atoms with Crippen LogP contribution in [0.25, 0.3) is 0 Å². The molecule has 2 aliphatic rings. The highest BCUT2D eigenvalue weighted by Crippen LogP contribution is 2.30. The first-order valence-corrected chi connectivity index (χ1v) is 10.0. The Morgan fingerprint density at radius 1 is 1.08 bits per heavy atom. The number of likely N-dealkylation sites (N-methyl/N-ethyl adjacent to an activating group) is 1. The highest BCUT2D eigenvalue weighted by atomic mass is 35.5. The van der Waals surface area contributed by atoms with Crippen molar-refractivity contribution < 1.29 is 5.11 Å². The van der Waals surface area contributed by atoms with Gasteiger partial charge in [-0.25, -0.2) is 0 Å². The Hall–Kier alpha value is -0.710. The van der Waals surface area contributed by atoms with Crippen LogP contribution < -0.4 is 0 Å². The number of benzene rings is 2. The summed E-state index contributed by atoms with van der Waals surface area (Å²) in [5.74, 6) is 0.765. The molecule has 136 valence electrons. The lowest BCUT2D eigenvalue weighted by atomic mass is 10.0. The molecule has 1 aromatic carbocycles. The molecule has 1 N–H and O–H groups in total. The van der Waals surface area contributed by atoms with Crippen molar-refractivity contribution in [3.63, 3.8) is 0 Å². The summed E-state index contributed by atoms with van der Waals surface area (Å²) in [7, 11) is 3.92. The van der Waals surface area contributed by atoms with Gasteiger partial charge >= 0.3 is 0 Å². The summed E-state index contributed by atoms with van der Waals surface area (Å²) < 4.78 is 0. The zero-order chi connectivity index (χ0) is 18.6. The standard InChI is InChI=1S/C14H21Cl2NOS.C6H4/c1-10(14(2,18)9-17(3)4)19-8-11-5-6-12(15)7-13(11)16;1-2-6-4-3-5(1)6/h5-7,10,18H,8-9H2,1-4H3;1-4H. The second-order valence-electron chi connectivity index (χ2n) is 6.86. The van der Waals surface area contributed by atoms with Crippen LogP contribution in [0.2, 0.25) is 10.0 Å². The SMILES string of the molecule is CC(SCc1ccc(Cl)cc1Cl)C(C)(O)CN(C)C.c1cc2ccc1=2. The number of rotatable bonds is 6. The van der Waals surface area contributed by atoms with Crippen molar-refractivity contribution in [2.24, 2.45) is 0 Å². The quantitative estimate of drug-likeness (QED) is 0.616. The summed E-state index contributed by atoms with van der Waals surface area (Å²) in [6, 6.07) is 14.0. The molecule has 3 rings (SSSR count). The number of nitrogens with zero attached hydrogens (tertiary/aromatic N) is 1. The largest absolute Gasteiger partial charge is 0.388 e. The second kappa shape index (κ2) is 8.79. The van der Waals surface area contributed by atoms with Gasteiger partial charge in [0.2, 0.25) is 0 Å². The molecule has 0 heterocycles. The molecule has 0 radical (unpaired) electrons. The zero-order valence-corrected chi connectivity index (χ0v) is 17.4. The van der Waals surface area contributed by atoms with Gasteiger partial charge in [-0.15, -0.1) is 0 Å². The molecule has 2 nitrogen and oxygen atoms in total. The van der Waals surface area contributed by atoms with Gasteiger partial charge in [0.1, 0.15) is 0 Å². The van der Waals surface area contributed by atoms with E-state index in [0.717, 1.165) is 11.3 Å². The van der Waals surface area contributed by atoms with Gasteiger partial charge in [0.25, 0.3) is 0 Å². The molecular formula is C20H25Cl2NOS. The monoisotopic (exact) mass is 397 g/mol. The Labute approximate surface area is 164 Å². The summed E-state index contributed by atoms with van der Waals surface area (Å²) in [6.45, 7) is 4.54. The third-order valence-electron chi connectivity index (χ3n) is 4.23. The minimum atomic E-state index is -0.729. The van der Waals surface area contributed by atoms with Gasteiger partial charge in [0.15, 0.2) is 0 Å². The van der Waals surface area contributed by atoms with Crippen LogP contribution in [-0.4, -0.2) is 41.5 Å². The van der Waals surface area contributed by atoms with Gasteiger partial charge in [-0.2, -0.15) is 11.8 Å². The molecule has 0 fully saturated rings. The molecule has 1 aromatic rings. The maximum atomic E-state index is 10.4. The highest BCUT2D eigenvalue weighted by molar-refractivity contribution is 7.99. The van der Waals surface area contributed by atoms with E-state index in [1.165, 1.54) is 10.4 Å². The van der Waals surface area contributed by atoms with E-state index >= 15 is 0 Å². The number of aliphatic hydroxyl groups is 1. The average Bonchev–Trinajstić information content (AvgIpc) is 2.49. The van der Waals surface area contributed by atoms with Gasteiger partial charge in [0, 0.05) is 27.6 Å². The highest BCUT2D eigenvalue weighted by Gasteiger charge is 2.29. The van der Waals surface area contributed by atoms with Crippen LogP contribution in [-0.2, 0) is 5.75 Å². The normalized spacial score (nSPS) is 15.2. The van der Waals surface area contributed by atoms with E-state index < -0.39 is 5.60 Å². The molecule has 0 spiro atoms. The van der Waals surface area contributed by atoms with Crippen LogP contribution in [0.3, 0.4) is 0 Å². The van der Waals surface area contributed by atoms with Gasteiger partial charge in [0.05, 0.1) is 5.60 Å². The summed E-state index contributed by atoms with van der Waals surface area (Å²) in [5, 5.41) is 14.7. The van der Waals surface area contributed by atoms with Gasteiger partial charge in [-0.3, -0.25) is 0 Å². The minimum Gasteiger partial charge on any atom is -0.388 e. The number of halogens is 2. The molecule has 0 aromatic heterocycles. The summed E-state index contributed by atoms with van der Waals surface area (Å²) in [5.41, 5.74) is 0.316. The van der Waals surface area contributed by atoms with Crippen molar-refractivity contribution in [1.82, 2.24) is 4.90 Å². The van der Waals surface area contributed by atoms with Crippen molar-refractivity contribution in [3.05, 3.63) is 68.5 Å². The molecule has 0 amide bonds. The van der Waals surface area contributed by atoms with E-state index in [-0.39, 0.29) is 5.25 Å². The van der Waals surface area contributed by atoms with E-state index in [0.29, 0.717) is 16.6 Å². The number of thioether (sulfide) groups is 1. The molecule has 0 saturated carbocycles. The third kappa shape index (κ3) is 5.90. The maximum absolute atomic E-state index is 10.4. The molecule has 0 saturated heterocycles. The van der Waals surface area contributed by atoms with Crippen LogP contribution >= 0.6 is 35.0 Å². The first kappa shape index (κ1) is 20.6. The first-order valence-electron chi connectivity index (χ1n) is 8.22. The Kier molecular flexibility index (Phi) is 7.24. The van der Waals surface area contributed by atoms with E-state index in [1.54, 1.807) is 17.8 Å². The molecule has 25 heavy (non-hydrogen) atoms. The topological polar surface area (TPSA) is 23.5 Å². The van der Waals surface area contributed by atoms with Crippen molar-refractivity contribution in [2.75, 3.05) is 20.6 Å². The van der Waals surface area contributed by atoms with E-state index in [9.17, 15) is 5.11 Å².